The number of aryl methyl sites for hydroxylation is 1. The molecule has 2 aromatic carbocycles. The van der Waals surface area contributed by atoms with Crippen LogP contribution in [0.4, 0.5) is 4.39 Å². The van der Waals surface area contributed by atoms with E-state index in [0.29, 0.717) is 0 Å². The van der Waals surface area contributed by atoms with E-state index >= 15 is 0 Å². The molecule has 0 atom stereocenters. The van der Waals surface area contributed by atoms with Crippen LogP contribution in [0.25, 0.3) is 0 Å². The lowest BCUT2D eigenvalue weighted by Crippen LogP contribution is -2.09. The molecule has 2 aromatic rings. The number of rotatable bonds is 3. The first kappa shape index (κ1) is 12.6. The Morgan fingerprint density at radius 2 is 1.78 bits per heavy atom. The van der Waals surface area contributed by atoms with Crippen molar-refractivity contribution in [1.82, 2.24) is 0 Å². The van der Waals surface area contributed by atoms with E-state index in [0.717, 1.165) is 11.6 Å². The van der Waals surface area contributed by atoms with Crippen molar-refractivity contribution in [2.75, 3.05) is 0 Å². The molecule has 0 saturated carbocycles. The summed E-state index contributed by atoms with van der Waals surface area (Å²) in [5.41, 5.74) is 0.805. The van der Waals surface area contributed by atoms with Gasteiger partial charge in [-0.3, -0.25) is 0 Å². The predicted octanol–water partition coefficient (Wildman–Crippen LogP) is 2.90. The van der Waals surface area contributed by atoms with Crippen molar-refractivity contribution in [3.05, 3.63) is 59.9 Å². The van der Waals surface area contributed by atoms with Gasteiger partial charge in [-0.25, -0.2) is 4.39 Å². The van der Waals surface area contributed by atoms with Crippen molar-refractivity contribution in [1.29, 1.82) is 0 Å². The van der Waals surface area contributed by atoms with Crippen LogP contribution in [-0.4, -0.2) is 8.42 Å². The van der Waals surface area contributed by atoms with Crippen LogP contribution in [0.2, 0.25) is 0 Å². The van der Waals surface area contributed by atoms with E-state index in [9.17, 15) is 12.8 Å². The van der Waals surface area contributed by atoms with Crippen molar-refractivity contribution in [2.45, 2.75) is 11.8 Å². The van der Waals surface area contributed by atoms with Crippen LogP contribution in [0.3, 0.4) is 0 Å². The van der Waals surface area contributed by atoms with Crippen LogP contribution in [0, 0.1) is 12.7 Å². The van der Waals surface area contributed by atoms with Gasteiger partial charge in [0.05, 0.1) is 0 Å². The lowest BCUT2D eigenvalue weighted by Gasteiger charge is -2.07. The maximum atomic E-state index is 12.9. The fourth-order valence-corrected chi connectivity index (χ4v) is 2.49. The number of halogens is 1. The van der Waals surface area contributed by atoms with Gasteiger partial charge in [0.2, 0.25) is 0 Å². The van der Waals surface area contributed by atoms with Gasteiger partial charge in [-0.1, -0.05) is 18.2 Å². The van der Waals surface area contributed by atoms with Crippen molar-refractivity contribution in [3.63, 3.8) is 0 Å². The van der Waals surface area contributed by atoms with Crippen molar-refractivity contribution < 1.29 is 17.0 Å². The van der Waals surface area contributed by atoms with Gasteiger partial charge >= 0.3 is 10.1 Å². The maximum Gasteiger partial charge on any atom is 0.339 e. The Balaban J connectivity index is 2.33. The summed E-state index contributed by atoms with van der Waals surface area (Å²) in [5.74, 6) is -0.594. The quantitative estimate of drug-likeness (QED) is 0.802. The van der Waals surface area contributed by atoms with Crippen LogP contribution < -0.4 is 4.18 Å². The van der Waals surface area contributed by atoms with Crippen molar-refractivity contribution >= 4 is 10.1 Å². The molecule has 0 unspecified atom stereocenters. The fraction of sp³-hybridized carbons (Fsp3) is 0.0769. The standard InChI is InChI=1S/C13H11FO3S/c1-10-4-2-7-13(8-10)18(15,16)17-12-6-3-5-11(14)9-12/h2-9H,1H3. The third-order valence-electron chi connectivity index (χ3n) is 2.28. The summed E-state index contributed by atoms with van der Waals surface area (Å²) in [6.45, 7) is 1.78. The molecule has 2 rings (SSSR count). The SMILES string of the molecule is Cc1cccc(S(=O)(=O)Oc2cccc(F)c2)c1. The van der Waals surface area contributed by atoms with E-state index in [1.807, 2.05) is 0 Å². The second-order valence-corrected chi connectivity index (χ2v) is 5.36. The Labute approximate surface area is 105 Å². The Hall–Kier alpha value is -1.88. The van der Waals surface area contributed by atoms with Gasteiger partial charge in [-0.05, 0) is 36.8 Å². The smallest absolute Gasteiger partial charge is 0.339 e. The van der Waals surface area contributed by atoms with E-state index in [2.05, 4.69) is 0 Å². The minimum atomic E-state index is -3.92. The molecular weight excluding hydrogens is 255 g/mol. The van der Waals surface area contributed by atoms with Crippen LogP contribution >= 0.6 is 0 Å². The lowest BCUT2D eigenvalue weighted by molar-refractivity contribution is 0.483. The molecule has 3 nitrogen and oxygen atoms in total. The fourth-order valence-electron chi connectivity index (χ4n) is 1.46. The summed E-state index contributed by atoms with van der Waals surface area (Å²) in [5, 5.41) is 0. The molecule has 0 saturated heterocycles. The average Bonchev–Trinajstić information content (AvgIpc) is 2.28. The molecule has 5 heteroatoms. The van der Waals surface area contributed by atoms with Crippen LogP contribution in [0.5, 0.6) is 5.75 Å². The highest BCUT2D eigenvalue weighted by Crippen LogP contribution is 2.19. The van der Waals surface area contributed by atoms with Crippen LogP contribution in [0.15, 0.2) is 53.4 Å². The van der Waals surface area contributed by atoms with E-state index < -0.39 is 15.9 Å². The third kappa shape index (κ3) is 2.87. The largest absolute Gasteiger partial charge is 0.379 e. The maximum absolute atomic E-state index is 12.9. The normalized spacial score (nSPS) is 11.2. The molecule has 0 aliphatic heterocycles. The molecule has 0 bridgehead atoms. The Bertz CT molecular complexity index is 665. The van der Waals surface area contributed by atoms with Gasteiger partial charge in [0.25, 0.3) is 0 Å². The molecule has 0 aliphatic rings. The molecule has 0 amide bonds. The lowest BCUT2D eigenvalue weighted by atomic mass is 10.2. The second-order valence-electron chi connectivity index (χ2n) is 3.81. The van der Waals surface area contributed by atoms with Gasteiger partial charge in [0, 0.05) is 6.07 Å². The first-order valence-corrected chi connectivity index (χ1v) is 6.65. The van der Waals surface area contributed by atoms with Gasteiger partial charge in [-0.15, -0.1) is 0 Å². The summed E-state index contributed by atoms with van der Waals surface area (Å²) >= 11 is 0. The highest BCUT2D eigenvalue weighted by Gasteiger charge is 2.16. The summed E-state index contributed by atoms with van der Waals surface area (Å²) in [6, 6.07) is 11.3. The Kier molecular flexibility index (Phi) is 3.34. The number of hydrogen-bond acceptors (Lipinski definition) is 3. The zero-order chi connectivity index (χ0) is 13.2. The Morgan fingerprint density at radius 3 is 2.44 bits per heavy atom. The monoisotopic (exact) mass is 266 g/mol. The van der Waals surface area contributed by atoms with E-state index in [-0.39, 0.29) is 10.6 Å². The van der Waals surface area contributed by atoms with Gasteiger partial charge in [0.15, 0.2) is 0 Å². The van der Waals surface area contributed by atoms with Crippen LogP contribution in [-0.2, 0) is 10.1 Å². The molecule has 0 aromatic heterocycles. The zero-order valence-corrected chi connectivity index (χ0v) is 10.4. The predicted molar refractivity (Wildman–Crippen MR) is 65.4 cm³/mol. The zero-order valence-electron chi connectivity index (χ0n) is 9.63. The summed E-state index contributed by atoms with van der Waals surface area (Å²) in [7, 11) is -3.92. The molecule has 18 heavy (non-hydrogen) atoms. The number of hydrogen-bond donors (Lipinski definition) is 0. The summed E-state index contributed by atoms with van der Waals surface area (Å²) in [4.78, 5) is 0.0479. The highest BCUT2D eigenvalue weighted by molar-refractivity contribution is 7.87. The first-order chi connectivity index (χ1) is 8.47. The van der Waals surface area contributed by atoms with E-state index in [4.69, 9.17) is 4.18 Å². The van der Waals surface area contributed by atoms with Gasteiger partial charge < -0.3 is 4.18 Å². The molecule has 94 valence electrons. The minimum Gasteiger partial charge on any atom is -0.379 e. The molecule has 0 fully saturated rings. The van der Waals surface area contributed by atoms with E-state index in [1.165, 1.54) is 30.3 Å². The second kappa shape index (κ2) is 4.78. The molecule has 0 radical (unpaired) electrons. The molecule has 0 heterocycles. The summed E-state index contributed by atoms with van der Waals surface area (Å²) < 4.78 is 41.6. The third-order valence-corrected chi connectivity index (χ3v) is 3.52. The first-order valence-electron chi connectivity index (χ1n) is 5.24. The van der Waals surface area contributed by atoms with Crippen LogP contribution in [0.1, 0.15) is 5.56 Å². The topological polar surface area (TPSA) is 43.4 Å². The minimum absolute atomic E-state index is 0.0449. The Morgan fingerprint density at radius 1 is 1.06 bits per heavy atom. The van der Waals surface area contributed by atoms with Crippen molar-refractivity contribution in [2.24, 2.45) is 0 Å². The van der Waals surface area contributed by atoms with Crippen molar-refractivity contribution in [3.8, 4) is 5.75 Å². The highest BCUT2D eigenvalue weighted by atomic mass is 32.2. The van der Waals surface area contributed by atoms with Gasteiger partial charge in [0.1, 0.15) is 16.5 Å². The molecule has 0 aliphatic carbocycles. The number of benzene rings is 2. The van der Waals surface area contributed by atoms with E-state index in [1.54, 1.807) is 19.1 Å². The molecule has 0 N–H and O–H groups in total. The molecular formula is C13H11FO3S. The average molecular weight is 266 g/mol. The van der Waals surface area contributed by atoms with Gasteiger partial charge in [-0.2, -0.15) is 8.42 Å². The molecule has 0 spiro atoms. The summed E-state index contributed by atoms with van der Waals surface area (Å²) in [6.07, 6.45) is 0.